The van der Waals surface area contributed by atoms with Gasteiger partial charge in [-0.15, -0.1) is 23.2 Å². The van der Waals surface area contributed by atoms with Gasteiger partial charge in [0.15, 0.2) is 0 Å². The third-order valence-electron chi connectivity index (χ3n) is 0.444. The molecule has 0 saturated carbocycles. The lowest BCUT2D eigenvalue weighted by Crippen LogP contribution is -1.85. The number of hydrogen-bond acceptors (Lipinski definition) is 1. The van der Waals surface area contributed by atoms with Crippen molar-refractivity contribution in [3.8, 4) is 0 Å². The summed E-state index contributed by atoms with van der Waals surface area (Å²) in [6, 6.07) is 0. The molecule has 0 saturated heterocycles. The van der Waals surface area contributed by atoms with Crippen molar-refractivity contribution in [3.05, 3.63) is 5.03 Å². The van der Waals surface area contributed by atoms with Gasteiger partial charge in [-0.3, -0.25) is 0 Å². The van der Waals surface area contributed by atoms with Crippen molar-refractivity contribution in [2.45, 2.75) is 11.3 Å². The monoisotopic (exact) mass is 172 g/mol. The van der Waals surface area contributed by atoms with E-state index in [1.165, 1.54) is 5.94 Å². The van der Waals surface area contributed by atoms with E-state index in [1.807, 2.05) is 0 Å². The molecule has 0 radical (unpaired) electrons. The Morgan fingerprint density at radius 1 is 1.62 bits per heavy atom. The summed E-state index contributed by atoms with van der Waals surface area (Å²) >= 11 is 15.6. The molecule has 0 rings (SSSR count). The zero-order chi connectivity index (χ0) is 6.57. The van der Waals surface area contributed by atoms with Crippen LogP contribution in [0.3, 0.4) is 0 Å². The van der Waals surface area contributed by atoms with Crippen LogP contribution in [-0.2, 0) is 4.79 Å². The van der Waals surface area contributed by atoms with Crippen LogP contribution in [-0.4, -0.2) is 10.8 Å². The van der Waals surface area contributed by atoms with Crippen molar-refractivity contribution in [1.29, 1.82) is 0 Å². The molecule has 1 nitrogen and oxygen atoms in total. The highest BCUT2D eigenvalue weighted by Gasteiger charge is 2.00. The van der Waals surface area contributed by atoms with Crippen LogP contribution in [0.2, 0.25) is 0 Å². The third kappa shape index (κ3) is 4.48. The molecule has 0 fully saturated rings. The maximum absolute atomic E-state index is 9.63. The molecular formula is C4H3Cl3O. The normalized spacial score (nSPS) is 9.00. The molecule has 0 N–H and O–H groups in total. The summed E-state index contributed by atoms with van der Waals surface area (Å²) in [5.74, 6) is 1.46. The number of hydrogen-bond donors (Lipinski definition) is 0. The van der Waals surface area contributed by atoms with Gasteiger partial charge in [-0.1, -0.05) is 11.6 Å². The van der Waals surface area contributed by atoms with E-state index in [1.54, 1.807) is 0 Å². The highest BCUT2D eigenvalue weighted by atomic mass is 35.5. The summed E-state index contributed by atoms with van der Waals surface area (Å²) in [5.41, 5.74) is 0. The van der Waals surface area contributed by atoms with Crippen molar-refractivity contribution in [3.63, 3.8) is 0 Å². The molecule has 0 aliphatic heterocycles. The smallest absolute Gasteiger partial charge is 0.140 e. The Bertz CT molecular complexity index is 114. The van der Waals surface area contributed by atoms with Gasteiger partial charge in [-0.2, -0.15) is 0 Å². The Morgan fingerprint density at radius 2 is 2.12 bits per heavy atom. The van der Waals surface area contributed by atoms with Crippen LogP contribution in [0, 0.1) is 0 Å². The molecule has 0 aliphatic rings. The molecule has 0 spiro atoms. The van der Waals surface area contributed by atoms with E-state index in [0.717, 1.165) is 0 Å². The largest absolute Gasteiger partial charge is 0.232 e. The number of halogens is 3. The van der Waals surface area contributed by atoms with Crippen molar-refractivity contribution in [2.75, 3.05) is 0 Å². The van der Waals surface area contributed by atoms with Crippen LogP contribution in [0.25, 0.3) is 0 Å². The van der Waals surface area contributed by atoms with Crippen LogP contribution >= 0.6 is 34.8 Å². The van der Waals surface area contributed by atoms with Gasteiger partial charge >= 0.3 is 0 Å². The highest BCUT2D eigenvalue weighted by molar-refractivity contribution is 6.45. The van der Waals surface area contributed by atoms with Crippen molar-refractivity contribution in [1.82, 2.24) is 0 Å². The van der Waals surface area contributed by atoms with Gasteiger partial charge in [0.1, 0.15) is 15.8 Å². The topological polar surface area (TPSA) is 17.1 Å². The summed E-state index contributed by atoms with van der Waals surface area (Å²) in [6.45, 7) is 0. The minimum absolute atomic E-state index is 0.0278. The molecule has 46 valence electrons. The molecule has 8 heavy (non-hydrogen) atoms. The van der Waals surface area contributed by atoms with E-state index in [0.29, 0.717) is 0 Å². The van der Waals surface area contributed by atoms with Crippen LogP contribution in [0.15, 0.2) is 5.03 Å². The Labute approximate surface area is 62.2 Å². The number of carbonyl (C=O) groups excluding carboxylic acids is 1. The van der Waals surface area contributed by atoms with Crippen molar-refractivity contribution in [2.24, 2.45) is 0 Å². The van der Waals surface area contributed by atoms with E-state index in [4.69, 9.17) is 34.8 Å². The molecule has 0 bridgehead atoms. The van der Waals surface area contributed by atoms with Crippen LogP contribution in [0.4, 0.5) is 0 Å². The van der Waals surface area contributed by atoms with E-state index in [9.17, 15) is 4.79 Å². The molecule has 0 atom stereocenters. The summed E-state index contributed by atoms with van der Waals surface area (Å²) in [5, 5.41) is 0.0278. The van der Waals surface area contributed by atoms with Gasteiger partial charge in [0.25, 0.3) is 0 Å². The number of allylic oxidation sites excluding steroid dienone is 1. The van der Waals surface area contributed by atoms with E-state index in [2.05, 4.69) is 0 Å². The first-order valence-corrected chi connectivity index (χ1v) is 3.09. The van der Waals surface area contributed by atoms with E-state index in [-0.39, 0.29) is 11.5 Å². The first kappa shape index (κ1) is 8.32. The first-order valence-electron chi connectivity index (χ1n) is 1.84. The first-order chi connectivity index (χ1) is 3.66. The van der Waals surface area contributed by atoms with E-state index >= 15 is 0 Å². The average Bonchev–Trinajstić information content (AvgIpc) is 1.65. The minimum atomic E-state index is -0.607. The van der Waals surface area contributed by atoms with Gasteiger partial charge in [-0.25, -0.2) is 4.79 Å². The van der Waals surface area contributed by atoms with Gasteiger partial charge < -0.3 is 0 Å². The molecular weight excluding hydrogens is 170 g/mol. The van der Waals surface area contributed by atoms with Gasteiger partial charge in [0.2, 0.25) is 0 Å². The molecule has 4 heteroatoms. The van der Waals surface area contributed by atoms with E-state index < -0.39 is 4.84 Å². The standard InChI is InChI=1S/C4H3Cl3O/c5-3(2-8)1-4(6)7/h4H,1H2. The summed E-state index contributed by atoms with van der Waals surface area (Å²) < 4.78 is 0. The predicted octanol–water partition coefficient (Wildman–Crippen LogP) is 2.13. The number of rotatable bonds is 2. The van der Waals surface area contributed by atoms with Gasteiger partial charge in [0, 0.05) is 6.42 Å². The van der Waals surface area contributed by atoms with Crippen molar-refractivity contribution < 1.29 is 4.79 Å². The lowest BCUT2D eigenvalue weighted by Gasteiger charge is -1.91. The molecule has 0 amide bonds. The fourth-order valence-electron chi connectivity index (χ4n) is 0.177. The lowest BCUT2D eigenvalue weighted by molar-refractivity contribution is 0.567. The summed E-state index contributed by atoms with van der Waals surface area (Å²) in [7, 11) is 0. The fraction of sp³-hybridized carbons (Fsp3) is 0.500. The Balaban J connectivity index is 3.56. The SMILES string of the molecule is O=C=C(Cl)CC(Cl)Cl. The highest BCUT2D eigenvalue weighted by Crippen LogP contribution is 2.14. The second-order valence-electron chi connectivity index (χ2n) is 1.10. The van der Waals surface area contributed by atoms with Gasteiger partial charge in [0.05, 0.1) is 0 Å². The minimum Gasteiger partial charge on any atom is -0.232 e. The van der Waals surface area contributed by atoms with Crippen LogP contribution in [0.1, 0.15) is 6.42 Å². The third-order valence-corrected chi connectivity index (χ3v) is 0.984. The van der Waals surface area contributed by atoms with Crippen molar-refractivity contribution >= 4 is 40.7 Å². The molecule has 0 aromatic carbocycles. The van der Waals surface area contributed by atoms with Crippen LogP contribution < -0.4 is 0 Å². The van der Waals surface area contributed by atoms with Gasteiger partial charge in [-0.05, 0) is 0 Å². The molecule has 0 aliphatic carbocycles. The maximum atomic E-state index is 9.63. The zero-order valence-corrected chi connectivity index (χ0v) is 6.09. The molecule has 0 unspecified atom stereocenters. The predicted molar refractivity (Wildman–Crippen MR) is 35.2 cm³/mol. The maximum Gasteiger partial charge on any atom is 0.140 e. The quantitative estimate of drug-likeness (QED) is 0.462. The fourth-order valence-corrected chi connectivity index (χ4v) is 0.798. The Morgan fingerprint density at radius 3 is 2.25 bits per heavy atom. The zero-order valence-electron chi connectivity index (χ0n) is 3.83. The summed E-state index contributed by atoms with van der Waals surface area (Å²) in [6.07, 6.45) is 0.175. The second kappa shape index (κ2) is 4.22. The Kier molecular flexibility index (Phi) is 4.39. The molecule has 0 aromatic heterocycles. The summed E-state index contributed by atoms with van der Waals surface area (Å²) in [4.78, 5) is 9.02. The second-order valence-corrected chi connectivity index (χ2v) is 2.84. The average molecular weight is 173 g/mol. The van der Waals surface area contributed by atoms with Crippen LogP contribution in [0.5, 0.6) is 0 Å². The lowest BCUT2D eigenvalue weighted by atomic mass is 10.5. The molecule has 0 aromatic rings. The Hall–Kier alpha value is 0.320. The molecule has 0 heterocycles. The number of alkyl halides is 2.